The number of amidine groups is 1. The second kappa shape index (κ2) is 6.19. The molecule has 0 saturated carbocycles. The van der Waals surface area contributed by atoms with Crippen molar-refractivity contribution in [3.05, 3.63) is 53.6 Å². The first-order valence-electron chi connectivity index (χ1n) is 6.67. The molecule has 0 heterocycles. The molecular formula is C16H16N2O3S. The molecule has 0 unspecified atom stereocenters. The van der Waals surface area contributed by atoms with Crippen molar-refractivity contribution in [2.24, 2.45) is 9.39 Å². The Kier molecular flexibility index (Phi) is 4.51. The lowest BCUT2D eigenvalue weighted by atomic mass is 9.97. The number of carbonyl (C=O) groups is 1. The first kappa shape index (κ1) is 16.0. The Labute approximate surface area is 129 Å². The van der Waals surface area contributed by atoms with Gasteiger partial charge in [-0.05, 0) is 50.6 Å². The van der Waals surface area contributed by atoms with E-state index >= 15 is 0 Å². The van der Waals surface area contributed by atoms with E-state index in [2.05, 4.69) is 9.39 Å². The van der Waals surface area contributed by atoms with Gasteiger partial charge in [0, 0.05) is 5.57 Å². The highest BCUT2D eigenvalue weighted by Gasteiger charge is 2.15. The van der Waals surface area contributed by atoms with Gasteiger partial charge in [0.1, 0.15) is 5.84 Å². The normalized spacial score (nSPS) is 18.2. The number of aliphatic imine (C=N–C) groups is 1. The summed E-state index contributed by atoms with van der Waals surface area (Å²) in [7, 11) is -3.78. The van der Waals surface area contributed by atoms with E-state index in [4.69, 9.17) is 0 Å². The van der Waals surface area contributed by atoms with E-state index < -0.39 is 10.0 Å². The van der Waals surface area contributed by atoms with Gasteiger partial charge < -0.3 is 0 Å². The van der Waals surface area contributed by atoms with E-state index in [0.717, 1.165) is 5.57 Å². The first-order valence-corrected chi connectivity index (χ1v) is 8.11. The fraction of sp³-hybridized carbons (Fsp3) is 0.188. The maximum atomic E-state index is 12.1. The molecule has 0 aromatic heterocycles. The van der Waals surface area contributed by atoms with Crippen LogP contribution < -0.4 is 0 Å². The zero-order chi connectivity index (χ0) is 16.3. The molecule has 0 aliphatic heterocycles. The standard InChI is InChI=1S/C16H16N2O3S/c1-11-12(2)16(19)10-9-15(11)17-13(3)18-22(20,21)14-7-5-4-6-8-14/h4-10H,1-3H3/b17-15?,18-13-. The average molecular weight is 316 g/mol. The monoisotopic (exact) mass is 316 g/mol. The smallest absolute Gasteiger partial charge is 0.283 e. The summed E-state index contributed by atoms with van der Waals surface area (Å²) in [5.41, 5.74) is 1.86. The molecule has 1 aromatic rings. The zero-order valence-corrected chi connectivity index (χ0v) is 13.4. The van der Waals surface area contributed by atoms with Crippen LogP contribution in [-0.2, 0) is 14.8 Å². The van der Waals surface area contributed by atoms with Gasteiger partial charge in [0.05, 0.1) is 10.6 Å². The zero-order valence-electron chi connectivity index (χ0n) is 12.6. The summed E-state index contributed by atoms with van der Waals surface area (Å²) in [4.78, 5) is 15.8. The molecule has 1 aliphatic rings. The van der Waals surface area contributed by atoms with Gasteiger partial charge in [0.15, 0.2) is 5.78 Å². The van der Waals surface area contributed by atoms with E-state index in [9.17, 15) is 13.2 Å². The van der Waals surface area contributed by atoms with Gasteiger partial charge in [0.2, 0.25) is 0 Å². The topological polar surface area (TPSA) is 75.9 Å². The molecule has 0 atom stereocenters. The Morgan fingerprint density at radius 2 is 1.64 bits per heavy atom. The second-order valence-corrected chi connectivity index (χ2v) is 6.48. The predicted octanol–water partition coefficient (Wildman–Crippen LogP) is 2.71. The molecule has 6 heteroatoms. The minimum atomic E-state index is -3.78. The number of benzene rings is 1. The molecule has 2 rings (SSSR count). The van der Waals surface area contributed by atoms with Gasteiger partial charge in [-0.1, -0.05) is 18.2 Å². The van der Waals surface area contributed by atoms with Crippen molar-refractivity contribution in [1.82, 2.24) is 0 Å². The number of rotatable bonds is 2. The van der Waals surface area contributed by atoms with Crippen LogP contribution in [-0.4, -0.2) is 25.7 Å². The minimum absolute atomic E-state index is 0.0667. The number of nitrogens with zero attached hydrogens (tertiary/aromatic N) is 2. The van der Waals surface area contributed by atoms with Crippen molar-refractivity contribution >= 4 is 27.4 Å². The fourth-order valence-corrected chi connectivity index (χ4v) is 2.91. The lowest BCUT2D eigenvalue weighted by Crippen LogP contribution is -2.12. The van der Waals surface area contributed by atoms with Crippen molar-refractivity contribution < 1.29 is 13.2 Å². The maximum Gasteiger partial charge on any atom is 0.283 e. The third-order valence-corrected chi connectivity index (χ3v) is 4.66. The number of carbonyl (C=O) groups excluding carboxylic acids is 1. The molecule has 0 N–H and O–H groups in total. The molecule has 1 aliphatic carbocycles. The summed E-state index contributed by atoms with van der Waals surface area (Å²) in [5, 5.41) is 0. The summed E-state index contributed by atoms with van der Waals surface area (Å²) < 4.78 is 28.0. The van der Waals surface area contributed by atoms with E-state index in [1.165, 1.54) is 25.1 Å². The van der Waals surface area contributed by atoms with Gasteiger partial charge in [-0.25, -0.2) is 4.99 Å². The van der Waals surface area contributed by atoms with E-state index in [-0.39, 0.29) is 16.5 Å². The fourth-order valence-electron chi connectivity index (χ4n) is 1.92. The Morgan fingerprint density at radius 3 is 2.27 bits per heavy atom. The number of sulfonamides is 1. The quantitative estimate of drug-likeness (QED) is 0.478. The molecular weight excluding hydrogens is 300 g/mol. The van der Waals surface area contributed by atoms with Crippen LogP contribution in [0.4, 0.5) is 0 Å². The summed E-state index contributed by atoms with van der Waals surface area (Å²) in [6.45, 7) is 5.00. The predicted molar refractivity (Wildman–Crippen MR) is 86.7 cm³/mol. The molecule has 0 radical (unpaired) electrons. The molecule has 0 saturated heterocycles. The van der Waals surface area contributed by atoms with Crippen molar-refractivity contribution in [2.45, 2.75) is 25.7 Å². The number of hydrogen-bond donors (Lipinski definition) is 0. The highest BCUT2D eigenvalue weighted by molar-refractivity contribution is 7.90. The Balaban J connectivity index is 2.37. The number of ketones is 1. The van der Waals surface area contributed by atoms with Crippen molar-refractivity contribution in [3.63, 3.8) is 0 Å². The van der Waals surface area contributed by atoms with Gasteiger partial charge in [-0.15, -0.1) is 4.40 Å². The Hall–Kier alpha value is -2.34. The van der Waals surface area contributed by atoms with Crippen molar-refractivity contribution in [3.8, 4) is 0 Å². The number of allylic oxidation sites excluding steroid dienone is 4. The lowest BCUT2D eigenvalue weighted by Gasteiger charge is -2.10. The molecule has 22 heavy (non-hydrogen) atoms. The SMILES string of the molecule is CC1=C(C)C(=N/C(C)=N\S(=O)(=O)c2ccccc2)C=CC1=O. The van der Waals surface area contributed by atoms with Gasteiger partial charge in [-0.2, -0.15) is 8.42 Å². The first-order chi connectivity index (χ1) is 10.3. The average Bonchev–Trinajstić information content (AvgIpc) is 2.48. The minimum Gasteiger partial charge on any atom is -0.290 e. The van der Waals surface area contributed by atoms with Gasteiger partial charge >= 0.3 is 0 Å². The van der Waals surface area contributed by atoms with Crippen LogP contribution in [0.5, 0.6) is 0 Å². The molecule has 1 aromatic carbocycles. The summed E-state index contributed by atoms with van der Waals surface area (Å²) in [6, 6.07) is 7.96. The summed E-state index contributed by atoms with van der Waals surface area (Å²) in [5.74, 6) is 0.0490. The molecule has 0 fully saturated rings. The molecule has 114 valence electrons. The highest BCUT2D eigenvalue weighted by Crippen LogP contribution is 2.15. The van der Waals surface area contributed by atoms with E-state index in [0.29, 0.717) is 11.3 Å². The van der Waals surface area contributed by atoms with Crippen molar-refractivity contribution in [1.29, 1.82) is 0 Å². The van der Waals surface area contributed by atoms with Crippen LogP contribution in [0.2, 0.25) is 0 Å². The summed E-state index contributed by atoms with van der Waals surface area (Å²) in [6.07, 6.45) is 2.99. The third kappa shape index (κ3) is 3.46. The van der Waals surface area contributed by atoms with Gasteiger partial charge in [0.25, 0.3) is 10.0 Å². The van der Waals surface area contributed by atoms with E-state index in [1.54, 1.807) is 38.1 Å². The van der Waals surface area contributed by atoms with Crippen LogP contribution in [0.25, 0.3) is 0 Å². The van der Waals surface area contributed by atoms with E-state index in [1.807, 2.05) is 0 Å². The highest BCUT2D eigenvalue weighted by atomic mass is 32.2. The lowest BCUT2D eigenvalue weighted by molar-refractivity contribution is -0.111. The van der Waals surface area contributed by atoms with Crippen molar-refractivity contribution in [2.75, 3.05) is 0 Å². The molecule has 0 bridgehead atoms. The Morgan fingerprint density at radius 1 is 1.00 bits per heavy atom. The Bertz CT molecular complexity index is 829. The van der Waals surface area contributed by atoms with Crippen LogP contribution in [0.15, 0.2) is 67.9 Å². The maximum absolute atomic E-state index is 12.1. The molecule has 0 spiro atoms. The van der Waals surface area contributed by atoms with Crippen LogP contribution in [0.3, 0.4) is 0 Å². The number of hydrogen-bond acceptors (Lipinski definition) is 3. The molecule has 0 amide bonds. The van der Waals surface area contributed by atoms with Crippen LogP contribution >= 0.6 is 0 Å². The summed E-state index contributed by atoms with van der Waals surface area (Å²) >= 11 is 0. The molecule has 5 nitrogen and oxygen atoms in total. The largest absolute Gasteiger partial charge is 0.290 e. The van der Waals surface area contributed by atoms with Gasteiger partial charge in [-0.3, -0.25) is 4.79 Å². The van der Waals surface area contributed by atoms with Crippen LogP contribution in [0, 0.1) is 0 Å². The van der Waals surface area contributed by atoms with Crippen LogP contribution in [0.1, 0.15) is 20.8 Å². The third-order valence-electron chi connectivity index (χ3n) is 3.28. The second-order valence-electron chi connectivity index (χ2n) is 4.87.